The summed E-state index contributed by atoms with van der Waals surface area (Å²) in [6.45, 7) is 7.98. The van der Waals surface area contributed by atoms with Gasteiger partial charge >= 0.3 is 5.97 Å². The van der Waals surface area contributed by atoms with Gasteiger partial charge in [0.25, 0.3) is 0 Å². The number of imidazole rings is 1. The summed E-state index contributed by atoms with van der Waals surface area (Å²) in [5.74, 6) is -0.102. The lowest BCUT2D eigenvalue weighted by Gasteiger charge is -2.28. The minimum Gasteiger partial charge on any atom is -0.461 e. The van der Waals surface area contributed by atoms with Crippen molar-refractivity contribution in [1.29, 1.82) is 0 Å². The van der Waals surface area contributed by atoms with Gasteiger partial charge in [0, 0.05) is 13.1 Å². The van der Waals surface area contributed by atoms with E-state index in [9.17, 15) is 4.79 Å². The molecule has 0 aliphatic carbocycles. The van der Waals surface area contributed by atoms with E-state index in [-0.39, 0.29) is 11.1 Å². The summed E-state index contributed by atoms with van der Waals surface area (Å²) in [5, 5.41) is 0. The molecule has 19 heavy (non-hydrogen) atoms. The van der Waals surface area contributed by atoms with Crippen molar-refractivity contribution in [1.82, 2.24) is 14.5 Å². The van der Waals surface area contributed by atoms with Crippen molar-refractivity contribution in [2.75, 3.05) is 33.0 Å². The summed E-state index contributed by atoms with van der Waals surface area (Å²) < 4.78 is 6.72. The average Bonchev–Trinajstić information content (AvgIpc) is 2.58. The smallest absolute Gasteiger partial charge is 0.360 e. The summed E-state index contributed by atoms with van der Waals surface area (Å²) >= 11 is 0. The van der Waals surface area contributed by atoms with Gasteiger partial charge in [0.2, 0.25) is 0 Å². The Morgan fingerprint density at radius 3 is 2.68 bits per heavy atom. The molecular weight excluding hydrogens is 244 g/mol. The highest BCUT2D eigenvalue weighted by Gasteiger charge is 2.23. The summed E-state index contributed by atoms with van der Waals surface area (Å²) in [6, 6.07) is 0. The monoisotopic (exact) mass is 268 g/mol. The number of nitrogens with zero attached hydrogens (tertiary/aromatic N) is 3. The molecule has 1 heterocycles. The first-order valence-electron chi connectivity index (χ1n) is 6.39. The van der Waals surface area contributed by atoms with Gasteiger partial charge in [-0.05, 0) is 26.4 Å². The number of carbonyl (C=O) groups excluding carboxylic acids is 1. The first-order valence-corrected chi connectivity index (χ1v) is 6.39. The number of rotatable bonds is 6. The number of hydrogen-bond acceptors (Lipinski definition) is 5. The molecule has 0 aliphatic rings. The van der Waals surface area contributed by atoms with Gasteiger partial charge in [-0.3, -0.25) is 0 Å². The van der Waals surface area contributed by atoms with E-state index in [0.29, 0.717) is 19.0 Å². The maximum atomic E-state index is 11.6. The van der Waals surface area contributed by atoms with Gasteiger partial charge in [0.15, 0.2) is 5.69 Å². The molecule has 6 heteroatoms. The van der Waals surface area contributed by atoms with Crippen LogP contribution in [-0.2, 0) is 11.3 Å². The summed E-state index contributed by atoms with van der Waals surface area (Å²) in [6.07, 6.45) is 1.60. The summed E-state index contributed by atoms with van der Waals surface area (Å²) in [7, 11) is 4.06. The van der Waals surface area contributed by atoms with E-state index in [1.54, 1.807) is 17.8 Å². The molecule has 1 aromatic heterocycles. The van der Waals surface area contributed by atoms with Crippen LogP contribution in [0.25, 0.3) is 0 Å². The molecule has 0 bridgehead atoms. The molecule has 1 aromatic rings. The van der Waals surface area contributed by atoms with Gasteiger partial charge in [-0.2, -0.15) is 0 Å². The van der Waals surface area contributed by atoms with Crippen LogP contribution in [0.15, 0.2) is 6.33 Å². The van der Waals surface area contributed by atoms with E-state index >= 15 is 0 Å². The molecule has 0 saturated carbocycles. The Morgan fingerprint density at radius 2 is 2.16 bits per heavy atom. The number of hydrogen-bond donors (Lipinski definition) is 1. The molecular formula is C13H24N4O2. The summed E-state index contributed by atoms with van der Waals surface area (Å²) in [5.41, 5.74) is 6.19. The van der Waals surface area contributed by atoms with Crippen LogP contribution in [0.4, 0.5) is 5.82 Å². The first-order chi connectivity index (χ1) is 8.76. The fourth-order valence-corrected chi connectivity index (χ4v) is 2.24. The zero-order valence-corrected chi connectivity index (χ0v) is 12.4. The Kier molecular flexibility index (Phi) is 4.94. The van der Waals surface area contributed by atoms with Gasteiger partial charge in [0.05, 0.1) is 12.9 Å². The first kappa shape index (κ1) is 15.5. The highest BCUT2D eigenvalue weighted by Crippen LogP contribution is 2.22. The van der Waals surface area contributed by atoms with Gasteiger partial charge in [0.1, 0.15) is 5.82 Å². The molecule has 0 aliphatic heterocycles. The Balaban J connectivity index is 2.84. The standard InChI is InChI=1S/C13H24N4O2/c1-6-19-12(18)10-11(14)17(9-15-10)8-13(2,3)7-16(4)5/h9H,6-8,14H2,1-5H3. The molecule has 6 nitrogen and oxygen atoms in total. The zero-order chi connectivity index (χ0) is 14.6. The van der Waals surface area contributed by atoms with E-state index < -0.39 is 5.97 Å². The van der Waals surface area contributed by atoms with E-state index in [1.165, 1.54) is 0 Å². The third-order valence-corrected chi connectivity index (χ3v) is 2.69. The number of carbonyl (C=O) groups is 1. The van der Waals surface area contributed by atoms with Crippen molar-refractivity contribution in [2.45, 2.75) is 27.3 Å². The number of anilines is 1. The molecule has 0 aromatic carbocycles. The lowest BCUT2D eigenvalue weighted by Crippen LogP contribution is -2.32. The minimum absolute atomic E-state index is 0.0320. The second-order valence-electron chi connectivity index (χ2n) is 5.73. The molecule has 0 fully saturated rings. The second kappa shape index (κ2) is 6.06. The van der Waals surface area contributed by atoms with E-state index in [4.69, 9.17) is 10.5 Å². The molecule has 2 N–H and O–H groups in total. The molecule has 0 radical (unpaired) electrons. The van der Waals surface area contributed by atoms with Crippen molar-refractivity contribution in [3.05, 3.63) is 12.0 Å². The van der Waals surface area contributed by atoms with Crippen LogP contribution in [0.2, 0.25) is 0 Å². The van der Waals surface area contributed by atoms with E-state index in [0.717, 1.165) is 6.54 Å². The van der Waals surface area contributed by atoms with Crippen LogP contribution in [0.3, 0.4) is 0 Å². The SMILES string of the molecule is CCOC(=O)c1ncn(CC(C)(C)CN(C)C)c1N. The number of esters is 1. The number of nitrogens with two attached hydrogens (primary N) is 1. The van der Waals surface area contributed by atoms with Crippen LogP contribution >= 0.6 is 0 Å². The lowest BCUT2D eigenvalue weighted by molar-refractivity contribution is 0.0521. The van der Waals surface area contributed by atoms with E-state index in [2.05, 4.69) is 23.7 Å². The fourth-order valence-electron chi connectivity index (χ4n) is 2.24. The van der Waals surface area contributed by atoms with Crippen molar-refractivity contribution < 1.29 is 9.53 Å². The van der Waals surface area contributed by atoms with Gasteiger partial charge in [-0.15, -0.1) is 0 Å². The average molecular weight is 268 g/mol. The Bertz CT molecular complexity index is 438. The molecule has 108 valence electrons. The van der Waals surface area contributed by atoms with Crippen LogP contribution in [0, 0.1) is 5.41 Å². The van der Waals surface area contributed by atoms with Gasteiger partial charge < -0.3 is 19.9 Å². The normalized spacial score (nSPS) is 11.9. The van der Waals surface area contributed by atoms with Crippen LogP contribution in [-0.4, -0.2) is 47.7 Å². The quantitative estimate of drug-likeness (QED) is 0.786. The van der Waals surface area contributed by atoms with E-state index in [1.807, 2.05) is 14.1 Å². The number of aromatic nitrogens is 2. The number of nitrogen functional groups attached to an aromatic ring is 1. The molecule has 1 rings (SSSR count). The molecule has 0 unspecified atom stereocenters. The predicted octanol–water partition coefficient (Wildman–Crippen LogP) is 1.23. The summed E-state index contributed by atoms with van der Waals surface area (Å²) in [4.78, 5) is 17.8. The Hall–Kier alpha value is -1.56. The Labute approximate surface area is 114 Å². The van der Waals surface area contributed by atoms with Crippen molar-refractivity contribution in [2.24, 2.45) is 5.41 Å². The number of ether oxygens (including phenoxy) is 1. The van der Waals surface area contributed by atoms with Crippen molar-refractivity contribution >= 4 is 11.8 Å². The third-order valence-electron chi connectivity index (χ3n) is 2.69. The maximum absolute atomic E-state index is 11.6. The molecule has 0 atom stereocenters. The largest absolute Gasteiger partial charge is 0.461 e. The predicted molar refractivity (Wildman–Crippen MR) is 74.9 cm³/mol. The molecule has 0 saturated heterocycles. The van der Waals surface area contributed by atoms with Gasteiger partial charge in [-0.25, -0.2) is 9.78 Å². The van der Waals surface area contributed by atoms with Crippen molar-refractivity contribution in [3.8, 4) is 0 Å². The lowest BCUT2D eigenvalue weighted by atomic mass is 9.93. The van der Waals surface area contributed by atoms with Crippen LogP contribution in [0.5, 0.6) is 0 Å². The minimum atomic E-state index is -0.468. The highest BCUT2D eigenvalue weighted by molar-refractivity contribution is 5.92. The zero-order valence-electron chi connectivity index (χ0n) is 12.4. The van der Waals surface area contributed by atoms with Crippen LogP contribution in [0.1, 0.15) is 31.3 Å². The van der Waals surface area contributed by atoms with Gasteiger partial charge in [-0.1, -0.05) is 13.8 Å². The third kappa shape index (κ3) is 4.24. The van der Waals surface area contributed by atoms with Crippen LogP contribution < -0.4 is 5.73 Å². The molecule has 0 amide bonds. The topological polar surface area (TPSA) is 73.4 Å². The fraction of sp³-hybridized carbons (Fsp3) is 0.692. The maximum Gasteiger partial charge on any atom is 0.360 e. The highest BCUT2D eigenvalue weighted by atomic mass is 16.5. The Morgan fingerprint density at radius 1 is 1.53 bits per heavy atom. The molecule has 0 spiro atoms. The second-order valence-corrected chi connectivity index (χ2v) is 5.73. The van der Waals surface area contributed by atoms with Crippen molar-refractivity contribution in [3.63, 3.8) is 0 Å².